The van der Waals surface area contributed by atoms with Crippen LogP contribution in [0.3, 0.4) is 0 Å². The molecule has 0 saturated carbocycles. The van der Waals surface area contributed by atoms with Gasteiger partial charge in [-0.15, -0.1) is 0 Å². The van der Waals surface area contributed by atoms with Crippen LogP contribution in [0, 0.1) is 5.92 Å². The Labute approximate surface area is 181 Å². The second-order valence-corrected chi connectivity index (χ2v) is 8.05. The van der Waals surface area contributed by atoms with Gasteiger partial charge in [-0.25, -0.2) is 0 Å². The van der Waals surface area contributed by atoms with E-state index in [4.69, 9.17) is 21.9 Å². The maximum atomic E-state index is 12.0. The largest absolute Gasteiger partial charge is 0.369 e. The molecule has 2 aromatic rings. The predicted molar refractivity (Wildman–Crippen MR) is 114 cm³/mol. The molecule has 30 heavy (non-hydrogen) atoms. The van der Waals surface area contributed by atoms with Gasteiger partial charge in [0.25, 0.3) is 0 Å². The zero-order chi connectivity index (χ0) is 21.3. The smallest absolute Gasteiger partial charge is 0.226 e. The number of hydrogen-bond acceptors (Lipinski definition) is 6. The van der Waals surface area contributed by atoms with Gasteiger partial charge in [-0.2, -0.15) is 4.98 Å². The molecule has 1 fully saturated rings. The number of benzene rings is 1. The van der Waals surface area contributed by atoms with Crippen molar-refractivity contribution in [2.75, 3.05) is 26.2 Å². The van der Waals surface area contributed by atoms with E-state index < -0.39 is 0 Å². The molecule has 3 N–H and O–H groups in total. The van der Waals surface area contributed by atoms with Crippen LogP contribution >= 0.6 is 11.6 Å². The number of amides is 2. The molecule has 0 aliphatic carbocycles. The number of carbonyl (C=O) groups is 2. The fourth-order valence-corrected chi connectivity index (χ4v) is 3.71. The van der Waals surface area contributed by atoms with Gasteiger partial charge in [-0.3, -0.25) is 9.59 Å². The Balaban J connectivity index is 1.29. The van der Waals surface area contributed by atoms with Gasteiger partial charge in [-0.05, 0) is 63.0 Å². The van der Waals surface area contributed by atoms with Crippen LogP contribution in [0.25, 0.3) is 11.4 Å². The highest BCUT2D eigenvalue weighted by Crippen LogP contribution is 2.19. The van der Waals surface area contributed by atoms with Crippen molar-refractivity contribution in [3.05, 3.63) is 35.2 Å². The normalized spacial score (nSPS) is 17.0. The Morgan fingerprint density at radius 2 is 2.07 bits per heavy atom. The highest BCUT2D eigenvalue weighted by atomic mass is 35.5. The van der Waals surface area contributed by atoms with Gasteiger partial charge in [0.2, 0.25) is 23.5 Å². The SMILES string of the molecule is NC(=O)C1CCCN(CCCNC(=O)CCCc2nc(-c3ccc(Cl)cc3)no2)C1. The van der Waals surface area contributed by atoms with Gasteiger partial charge in [0.15, 0.2) is 0 Å². The zero-order valence-electron chi connectivity index (χ0n) is 17.0. The first-order valence-electron chi connectivity index (χ1n) is 10.4. The topological polar surface area (TPSA) is 114 Å². The van der Waals surface area contributed by atoms with E-state index in [0.717, 1.165) is 44.5 Å². The number of likely N-dealkylation sites (tertiary alicyclic amines) is 1. The summed E-state index contributed by atoms with van der Waals surface area (Å²) in [6.07, 6.45) is 4.33. The van der Waals surface area contributed by atoms with E-state index >= 15 is 0 Å². The summed E-state index contributed by atoms with van der Waals surface area (Å²) in [7, 11) is 0. The lowest BCUT2D eigenvalue weighted by atomic mass is 9.97. The molecular formula is C21H28ClN5O3. The van der Waals surface area contributed by atoms with Gasteiger partial charge in [0.05, 0.1) is 5.92 Å². The lowest BCUT2D eigenvalue weighted by Crippen LogP contribution is -2.42. The van der Waals surface area contributed by atoms with Crippen molar-refractivity contribution in [1.82, 2.24) is 20.4 Å². The number of piperidine rings is 1. The Bertz CT molecular complexity index is 839. The standard InChI is InChI=1S/C21H28ClN5O3/c22-17-9-7-15(8-10-17)21-25-19(30-26-21)6-1-5-18(28)24-11-3-13-27-12-2-4-16(14-27)20(23)29/h7-10,16H,1-6,11-14H2,(H2,23,29)(H,24,28). The number of carbonyl (C=O) groups excluding carboxylic acids is 2. The molecule has 1 aliphatic heterocycles. The number of aromatic nitrogens is 2. The van der Waals surface area contributed by atoms with Crippen molar-refractivity contribution in [1.29, 1.82) is 0 Å². The lowest BCUT2D eigenvalue weighted by molar-refractivity contribution is -0.123. The number of nitrogens with zero attached hydrogens (tertiary/aromatic N) is 3. The molecule has 1 aliphatic rings. The number of rotatable bonds is 10. The van der Waals surface area contributed by atoms with Crippen LogP contribution in [0.4, 0.5) is 0 Å². The van der Waals surface area contributed by atoms with Crippen molar-refractivity contribution in [2.24, 2.45) is 11.7 Å². The molecular weight excluding hydrogens is 406 g/mol. The second kappa shape index (κ2) is 11.1. The lowest BCUT2D eigenvalue weighted by Gasteiger charge is -2.31. The number of hydrogen-bond donors (Lipinski definition) is 2. The first kappa shape index (κ1) is 22.2. The number of nitrogens with two attached hydrogens (primary N) is 1. The molecule has 3 rings (SSSR count). The molecule has 8 nitrogen and oxygen atoms in total. The van der Waals surface area contributed by atoms with E-state index in [9.17, 15) is 9.59 Å². The number of primary amides is 1. The molecule has 162 valence electrons. The van der Waals surface area contributed by atoms with E-state index in [1.165, 1.54) is 0 Å². The summed E-state index contributed by atoms with van der Waals surface area (Å²) in [6, 6.07) is 7.22. The zero-order valence-corrected chi connectivity index (χ0v) is 17.7. The minimum absolute atomic E-state index is 0.0149. The Morgan fingerprint density at radius 3 is 2.83 bits per heavy atom. The van der Waals surface area contributed by atoms with Crippen LogP contribution in [0.1, 0.15) is 38.0 Å². The third-order valence-corrected chi connectivity index (χ3v) is 5.50. The molecule has 9 heteroatoms. The minimum atomic E-state index is -0.213. The van der Waals surface area contributed by atoms with E-state index in [-0.39, 0.29) is 17.7 Å². The molecule has 1 atom stereocenters. The summed E-state index contributed by atoms with van der Waals surface area (Å²) in [5, 5.41) is 7.57. The number of halogens is 1. The van der Waals surface area contributed by atoms with Crippen LogP contribution in [0.15, 0.2) is 28.8 Å². The fourth-order valence-electron chi connectivity index (χ4n) is 3.58. The van der Waals surface area contributed by atoms with E-state index in [1.807, 2.05) is 12.1 Å². The molecule has 1 saturated heterocycles. The highest BCUT2D eigenvalue weighted by molar-refractivity contribution is 6.30. The second-order valence-electron chi connectivity index (χ2n) is 7.62. The van der Waals surface area contributed by atoms with E-state index in [2.05, 4.69) is 20.4 Å². The first-order valence-corrected chi connectivity index (χ1v) is 10.8. The van der Waals surface area contributed by atoms with Crippen molar-refractivity contribution < 1.29 is 14.1 Å². The molecule has 0 bridgehead atoms. The van der Waals surface area contributed by atoms with Crippen LogP contribution in [0.5, 0.6) is 0 Å². The van der Waals surface area contributed by atoms with Crippen molar-refractivity contribution in [3.63, 3.8) is 0 Å². The molecule has 0 radical (unpaired) electrons. The third kappa shape index (κ3) is 6.81. The minimum Gasteiger partial charge on any atom is -0.369 e. The summed E-state index contributed by atoms with van der Waals surface area (Å²) < 4.78 is 5.26. The summed E-state index contributed by atoms with van der Waals surface area (Å²) in [4.78, 5) is 30.0. The Hall–Kier alpha value is -2.45. The summed E-state index contributed by atoms with van der Waals surface area (Å²) in [6.45, 7) is 3.20. The third-order valence-electron chi connectivity index (χ3n) is 5.25. The first-order chi connectivity index (χ1) is 14.5. The Kier molecular flexibility index (Phi) is 8.21. The van der Waals surface area contributed by atoms with Crippen LogP contribution < -0.4 is 11.1 Å². The molecule has 0 spiro atoms. The number of nitrogens with one attached hydrogen (secondary N) is 1. The Morgan fingerprint density at radius 1 is 1.27 bits per heavy atom. The van der Waals surface area contributed by atoms with Gasteiger partial charge in [0, 0.05) is 36.5 Å². The van der Waals surface area contributed by atoms with Crippen molar-refractivity contribution in [2.45, 2.75) is 38.5 Å². The average molecular weight is 434 g/mol. The van der Waals surface area contributed by atoms with Gasteiger partial charge >= 0.3 is 0 Å². The average Bonchev–Trinajstić information content (AvgIpc) is 3.21. The molecule has 1 unspecified atom stereocenters. The van der Waals surface area contributed by atoms with Crippen LogP contribution in [0.2, 0.25) is 5.02 Å². The molecule has 1 aromatic carbocycles. The van der Waals surface area contributed by atoms with Crippen molar-refractivity contribution >= 4 is 23.4 Å². The quantitative estimate of drug-likeness (QED) is 0.556. The maximum Gasteiger partial charge on any atom is 0.226 e. The fraction of sp³-hybridized carbons (Fsp3) is 0.524. The number of aryl methyl sites for hydroxylation is 1. The molecule has 2 heterocycles. The molecule has 2 amide bonds. The van der Waals surface area contributed by atoms with Gasteiger partial charge in [0.1, 0.15) is 0 Å². The van der Waals surface area contributed by atoms with Crippen molar-refractivity contribution in [3.8, 4) is 11.4 Å². The summed E-state index contributed by atoms with van der Waals surface area (Å²) in [5.74, 6) is 0.790. The molecule has 1 aromatic heterocycles. The van der Waals surface area contributed by atoms with E-state index in [1.54, 1.807) is 12.1 Å². The van der Waals surface area contributed by atoms with Crippen LogP contribution in [-0.4, -0.2) is 53.0 Å². The summed E-state index contributed by atoms with van der Waals surface area (Å²) >= 11 is 5.88. The predicted octanol–water partition coefficient (Wildman–Crippen LogP) is 2.42. The summed E-state index contributed by atoms with van der Waals surface area (Å²) in [5.41, 5.74) is 6.24. The van der Waals surface area contributed by atoms with Gasteiger partial charge in [-0.1, -0.05) is 16.8 Å². The highest BCUT2D eigenvalue weighted by Gasteiger charge is 2.23. The van der Waals surface area contributed by atoms with E-state index in [0.29, 0.717) is 42.5 Å². The maximum absolute atomic E-state index is 12.0. The van der Waals surface area contributed by atoms with Gasteiger partial charge < -0.3 is 20.5 Å². The monoisotopic (exact) mass is 433 g/mol. The van der Waals surface area contributed by atoms with Crippen LogP contribution in [-0.2, 0) is 16.0 Å².